The maximum absolute atomic E-state index is 13.7. The first-order valence-corrected chi connectivity index (χ1v) is 11.0. The highest BCUT2D eigenvalue weighted by Gasteiger charge is 2.17. The molecular formula is C14H21BrFNO2Si. The van der Waals surface area contributed by atoms with Gasteiger partial charge in [-0.2, -0.15) is 0 Å². The third-order valence-corrected chi connectivity index (χ3v) is 4.99. The van der Waals surface area contributed by atoms with Crippen LogP contribution in [0.2, 0.25) is 25.7 Å². The number of amides is 1. The number of halogens is 2. The molecule has 0 aliphatic carbocycles. The molecular weight excluding hydrogens is 341 g/mol. The van der Waals surface area contributed by atoms with Crippen LogP contribution >= 0.6 is 15.9 Å². The summed E-state index contributed by atoms with van der Waals surface area (Å²) in [6.07, 6.45) is 0. The van der Waals surface area contributed by atoms with E-state index >= 15 is 0 Å². The van der Waals surface area contributed by atoms with Crippen molar-refractivity contribution in [3.63, 3.8) is 0 Å². The van der Waals surface area contributed by atoms with E-state index in [1.807, 2.05) is 0 Å². The molecule has 3 nitrogen and oxygen atoms in total. The summed E-state index contributed by atoms with van der Waals surface area (Å²) < 4.78 is 19.8. The van der Waals surface area contributed by atoms with Crippen molar-refractivity contribution < 1.29 is 13.9 Å². The standard InChI is InChI=1S/C14H21BrFNO2Si/c1-17(10-19-7-8-20(2,3)4)14(18)12-6-5-11(15)9-13(12)16/h5-6,9H,7-8,10H2,1-4H3. The van der Waals surface area contributed by atoms with Gasteiger partial charge in [-0.1, -0.05) is 35.6 Å². The van der Waals surface area contributed by atoms with Gasteiger partial charge in [0.05, 0.1) is 5.56 Å². The van der Waals surface area contributed by atoms with Gasteiger partial charge < -0.3 is 9.64 Å². The molecule has 1 aromatic rings. The molecule has 0 radical (unpaired) electrons. The van der Waals surface area contributed by atoms with E-state index in [-0.39, 0.29) is 18.2 Å². The first kappa shape index (κ1) is 17.3. The minimum atomic E-state index is -1.13. The fourth-order valence-electron chi connectivity index (χ4n) is 1.51. The Labute approximate surface area is 129 Å². The van der Waals surface area contributed by atoms with Gasteiger partial charge in [-0.3, -0.25) is 4.79 Å². The fraction of sp³-hybridized carbons (Fsp3) is 0.500. The molecule has 0 saturated carbocycles. The zero-order chi connectivity index (χ0) is 15.3. The number of benzene rings is 1. The average molecular weight is 362 g/mol. The van der Waals surface area contributed by atoms with Crippen LogP contribution in [0.1, 0.15) is 10.4 Å². The molecule has 0 unspecified atom stereocenters. The lowest BCUT2D eigenvalue weighted by atomic mass is 10.2. The summed E-state index contributed by atoms with van der Waals surface area (Å²) in [5, 5.41) is 0. The van der Waals surface area contributed by atoms with E-state index in [1.165, 1.54) is 17.0 Å². The van der Waals surface area contributed by atoms with Crippen LogP contribution in [-0.4, -0.2) is 39.3 Å². The van der Waals surface area contributed by atoms with Crippen LogP contribution in [0, 0.1) is 5.82 Å². The molecule has 0 bridgehead atoms. The molecule has 112 valence electrons. The summed E-state index contributed by atoms with van der Waals surface area (Å²) in [4.78, 5) is 13.5. The second-order valence-electron chi connectivity index (χ2n) is 5.98. The molecule has 0 fully saturated rings. The Hall–Kier alpha value is -0.723. The van der Waals surface area contributed by atoms with Crippen molar-refractivity contribution >= 4 is 29.9 Å². The number of carbonyl (C=O) groups excluding carboxylic acids is 1. The summed E-state index contributed by atoms with van der Waals surface area (Å²) in [7, 11) is 0.480. The first-order chi connectivity index (χ1) is 9.20. The van der Waals surface area contributed by atoms with Crippen LogP contribution < -0.4 is 0 Å². The van der Waals surface area contributed by atoms with Crippen molar-refractivity contribution in [2.24, 2.45) is 0 Å². The molecule has 0 heterocycles. The van der Waals surface area contributed by atoms with Crippen LogP contribution in [0.3, 0.4) is 0 Å². The highest BCUT2D eigenvalue weighted by Crippen LogP contribution is 2.16. The van der Waals surface area contributed by atoms with Gasteiger partial charge in [-0.05, 0) is 24.2 Å². The van der Waals surface area contributed by atoms with Crippen molar-refractivity contribution in [1.82, 2.24) is 4.90 Å². The van der Waals surface area contributed by atoms with E-state index in [4.69, 9.17) is 4.74 Å². The van der Waals surface area contributed by atoms with Gasteiger partial charge in [0.25, 0.3) is 5.91 Å². The number of nitrogens with zero attached hydrogens (tertiary/aromatic N) is 1. The average Bonchev–Trinajstić information content (AvgIpc) is 2.32. The number of rotatable bonds is 6. The lowest BCUT2D eigenvalue weighted by molar-refractivity contribution is 0.0372. The number of hydrogen-bond acceptors (Lipinski definition) is 2. The minimum Gasteiger partial charge on any atom is -0.361 e. The van der Waals surface area contributed by atoms with Gasteiger partial charge in [0.2, 0.25) is 0 Å². The van der Waals surface area contributed by atoms with Crippen molar-refractivity contribution in [2.75, 3.05) is 20.4 Å². The molecule has 0 saturated heterocycles. The minimum absolute atomic E-state index is 0.0597. The molecule has 20 heavy (non-hydrogen) atoms. The summed E-state index contributed by atoms with van der Waals surface area (Å²) in [6.45, 7) is 7.61. The SMILES string of the molecule is CN(COCC[Si](C)(C)C)C(=O)c1ccc(Br)cc1F. The molecule has 0 spiro atoms. The monoisotopic (exact) mass is 361 g/mol. The van der Waals surface area contributed by atoms with Crippen molar-refractivity contribution in [3.8, 4) is 0 Å². The van der Waals surface area contributed by atoms with Crippen LogP contribution in [0.5, 0.6) is 0 Å². The topological polar surface area (TPSA) is 29.5 Å². The van der Waals surface area contributed by atoms with E-state index in [9.17, 15) is 9.18 Å². The second kappa shape index (κ2) is 7.33. The number of ether oxygens (including phenoxy) is 1. The van der Waals surface area contributed by atoms with Crippen molar-refractivity contribution in [1.29, 1.82) is 0 Å². The maximum Gasteiger partial charge on any atom is 0.258 e. The predicted molar refractivity (Wildman–Crippen MR) is 85.2 cm³/mol. The van der Waals surface area contributed by atoms with Gasteiger partial charge in [-0.15, -0.1) is 0 Å². The molecule has 1 rings (SSSR count). The lowest BCUT2D eigenvalue weighted by Crippen LogP contribution is -2.31. The predicted octanol–water partition coefficient (Wildman–Crippen LogP) is 3.97. The van der Waals surface area contributed by atoms with Crippen LogP contribution in [-0.2, 0) is 4.74 Å². The number of hydrogen-bond donors (Lipinski definition) is 0. The summed E-state index contributed by atoms with van der Waals surface area (Å²) in [5.41, 5.74) is 0.0597. The number of carbonyl (C=O) groups is 1. The Balaban J connectivity index is 2.51. The van der Waals surface area contributed by atoms with E-state index in [1.54, 1.807) is 13.1 Å². The Kier molecular flexibility index (Phi) is 6.35. The van der Waals surface area contributed by atoms with Gasteiger partial charge in [0.15, 0.2) is 0 Å². The van der Waals surface area contributed by atoms with Crippen LogP contribution in [0.25, 0.3) is 0 Å². The van der Waals surface area contributed by atoms with Crippen LogP contribution in [0.4, 0.5) is 4.39 Å². The quantitative estimate of drug-likeness (QED) is 0.435. The maximum atomic E-state index is 13.7. The van der Waals surface area contributed by atoms with Crippen molar-refractivity contribution in [2.45, 2.75) is 25.7 Å². The van der Waals surface area contributed by atoms with E-state index in [2.05, 4.69) is 35.6 Å². The van der Waals surface area contributed by atoms with Gasteiger partial charge in [-0.25, -0.2) is 4.39 Å². The second-order valence-corrected chi connectivity index (χ2v) is 12.5. The molecule has 1 amide bonds. The van der Waals surface area contributed by atoms with Gasteiger partial charge >= 0.3 is 0 Å². The van der Waals surface area contributed by atoms with Crippen LogP contribution in [0.15, 0.2) is 22.7 Å². The molecule has 6 heteroatoms. The van der Waals surface area contributed by atoms with Gasteiger partial charge in [0, 0.05) is 26.2 Å². The zero-order valence-electron chi connectivity index (χ0n) is 12.4. The smallest absolute Gasteiger partial charge is 0.258 e. The highest BCUT2D eigenvalue weighted by molar-refractivity contribution is 9.10. The van der Waals surface area contributed by atoms with Crippen molar-refractivity contribution in [3.05, 3.63) is 34.1 Å². The Bertz CT molecular complexity index is 477. The molecule has 0 aliphatic heterocycles. The fourth-order valence-corrected chi connectivity index (χ4v) is 2.60. The molecule has 0 atom stereocenters. The van der Waals surface area contributed by atoms with Gasteiger partial charge in [0.1, 0.15) is 12.5 Å². The molecule has 0 aliphatic rings. The van der Waals surface area contributed by atoms with E-state index in [0.29, 0.717) is 11.1 Å². The summed E-state index contributed by atoms with van der Waals surface area (Å²) >= 11 is 3.17. The molecule has 1 aromatic carbocycles. The third-order valence-electron chi connectivity index (χ3n) is 2.79. The summed E-state index contributed by atoms with van der Waals surface area (Å²) in [5.74, 6) is -0.902. The Morgan fingerprint density at radius 3 is 2.60 bits per heavy atom. The normalized spacial score (nSPS) is 11.5. The van der Waals surface area contributed by atoms with E-state index < -0.39 is 13.9 Å². The first-order valence-electron chi connectivity index (χ1n) is 6.49. The van der Waals surface area contributed by atoms with E-state index in [0.717, 1.165) is 6.04 Å². The largest absolute Gasteiger partial charge is 0.361 e. The molecule has 0 aromatic heterocycles. The zero-order valence-corrected chi connectivity index (χ0v) is 15.0. The third kappa shape index (κ3) is 5.72. The Morgan fingerprint density at radius 1 is 1.40 bits per heavy atom. The highest BCUT2D eigenvalue weighted by atomic mass is 79.9. The lowest BCUT2D eigenvalue weighted by Gasteiger charge is -2.20. The summed E-state index contributed by atoms with van der Waals surface area (Å²) in [6, 6.07) is 5.45. The Morgan fingerprint density at radius 2 is 2.05 bits per heavy atom. The molecule has 0 N–H and O–H groups in total.